The summed E-state index contributed by atoms with van der Waals surface area (Å²) in [5.74, 6) is -2.01. The molecule has 0 fully saturated rings. The largest absolute Gasteiger partial charge is 0.507 e. The van der Waals surface area contributed by atoms with Gasteiger partial charge in [-0.15, -0.1) is 0 Å². The number of allylic oxidation sites excluding steroid dienone is 1. The molecule has 0 aromatic heterocycles. The van der Waals surface area contributed by atoms with E-state index >= 15 is 0 Å². The summed E-state index contributed by atoms with van der Waals surface area (Å²) in [6.07, 6.45) is 2.08. The van der Waals surface area contributed by atoms with Crippen molar-refractivity contribution in [3.8, 4) is 0 Å². The molecule has 10 heavy (non-hydrogen) atoms. The van der Waals surface area contributed by atoms with Crippen LogP contribution in [0.2, 0.25) is 0 Å². The fraction of sp³-hybridized carbons (Fsp3) is 0.333. The second-order valence-corrected chi connectivity index (χ2v) is 2.64. The van der Waals surface area contributed by atoms with Gasteiger partial charge in [-0.25, -0.2) is 0 Å². The molecule has 0 amide bonds. The van der Waals surface area contributed by atoms with E-state index in [0.717, 1.165) is 12.2 Å². The third kappa shape index (κ3) is 1.50. The Morgan fingerprint density at radius 3 is 2.50 bits per heavy atom. The fourth-order valence-electron chi connectivity index (χ4n) is 0.681. The Hall–Kier alpha value is -0.510. The molecule has 1 aliphatic rings. The number of aliphatic hydroxyl groups excluding tert-OH is 1. The monoisotopic (exact) mass is 162 g/mol. The predicted molar refractivity (Wildman–Crippen MR) is 36.4 cm³/mol. The Morgan fingerprint density at radius 1 is 1.50 bits per heavy atom. The highest BCUT2D eigenvalue weighted by molar-refractivity contribution is 6.30. The van der Waals surface area contributed by atoms with Crippen molar-refractivity contribution < 1.29 is 15.3 Å². The molecule has 0 atom stereocenters. The maximum Gasteiger partial charge on any atom is 0.188 e. The van der Waals surface area contributed by atoms with E-state index in [1.807, 2.05) is 0 Å². The second-order valence-electron chi connectivity index (χ2n) is 2.18. The normalized spacial score (nSPS) is 23.5. The van der Waals surface area contributed by atoms with Crippen molar-refractivity contribution >= 4 is 11.6 Å². The standard InChI is InChI=1S/C6H7ClO3/c7-4-3-6(9,10)2-1-5(4)8/h1-2,8-10H,3H2. The van der Waals surface area contributed by atoms with Crippen LogP contribution >= 0.6 is 11.6 Å². The second kappa shape index (κ2) is 2.27. The van der Waals surface area contributed by atoms with E-state index in [4.69, 9.17) is 26.9 Å². The Balaban J connectivity index is 2.85. The maximum absolute atomic E-state index is 8.90. The average Bonchev–Trinajstić information content (AvgIpc) is 1.79. The molecule has 0 bridgehead atoms. The van der Waals surface area contributed by atoms with Crippen LogP contribution in [0.15, 0.2) is 22.9 Å². The van der Waals surface area contributed by atoms with Gasteiger partial charge in [-0.2, -0.15) is 0 Å². The minimum atomic E-state index is -1.90. The van der Waals surface area contributed by atoms with E-state index in [9.17, 15) is 0 Å². The number of aliphatic hydroxyl groups is 3. The highest BCUT2D eigenvalue weighted by Gasteiger charge is 2.25. The minimum absolute atomic E-state index is 0.0625. The van der Waals surface area contributed by atoms with Gasteiger partial charge in [0.15, 0.2) is 5.79 Å². The molecule has 1 rings (SSSR count). The zero-order valence-electron chi connectivity index (χ0n) is 5.08. The van der Waals surface area contributed by atoms with Gasteiger partial charge in [-0.1, -0.05) is 11.6 Å². The Bertz CT molecular complexity index is 205. The fourth-order valence-corrected chi connectivity index (χ4v) is 0.940. The molecule has 0 unspecified atom stereocenters. The van der Waals surface area contributed by atoms with Gasteiger partial charge in [0.25, 0.3) is 0 Å². The summed E-state index contributed by atoms with van der Waals surface area (Å²) < 4.78 is 0. The van der Waals surface area contributed by atoms with Crippen LogP contribution in [-0.4, -0.2) is 21.1 Å². The van der Waals surface area contributed by atoms with E-state index in [-0.39, 0.29) is 17.2 Å². The van der Waals surface area contributed by atoms with Crippen molar-refractivity contribution in [1.82, 2.24) is 0 Å². The third-order valence-corrected chi connectivity index (χ3v) is 1.53. The lowest BCUT2D eigenvalue weighted by Crippen LogP contribution is -2.27. The van der Waals surface area contributed by atoms with Crippen molar-refractivity contribution in [3.63, 3.8) is 0 Å². The first-order valence-corrected chi connectivity index (χ1v) is 3.11. The molecular formula is C6H7ClO3. The highest BCUT2D eigenvalue weighted by Crippen LogP contribution is 2.26. The number of hydrogen-bond donors (Lipinski definition) is 3. The zero-order valence-corrected chi connectivity index (χ0v) is 5.84. The molecule has 0 radical (unpaired) electrons. The smallest absolute Gasteiger partial charge is 0.188 e. The highest BCUT2D eigenvalue weighted by atomic mass is 35.5. The lowest BCUT2D eigenvalue weighted by atomic mass is 10.1. The summed E-state index contributed by atoms with van der Waals surface area (Å²) in [7, 11) is 0. The number of hydrogen-bond acceptors (Lipinski definition) is 3. The average molecular weight is 163 g/mol. The van der Waals surface area contributed by atoms with Crippen LogP contribution in [0.5, 0.6) is 0 Å². The van der Waals surface area contributed by atoms with Gasteiger partial charge in [0, 0.05) is 6.42 Å². The van der Waals surface area contributed by atoms with Gasteiger partial charge in [-0.3, -0.25) is 0 Å². The summed E-state index contributed by atoms with van der Waals surface area (Å²) in [5.41, 5.74) is 0. The van der Waals surface area contributed by atoms with Gasteiger partial charge in [0.05, 0.1) is 5.03 Å². The van der Waals surface area contributed by atoms with E-state index in [1.165, 1.54) is 0 Å². The molecular weight excluding hydrogens is 156 g/mol. The molecule has 4 heteroatoms. The first-order chi connectivity index (χ1) is 4.51. The van der Waals surface area contributed by atoms with E-state index in [0.29, 0.717) is 0 Å². The van der Waals surface area contributed by atoms with Crippen LogP contribution in [0.25, 0.3) is 0 Å². The predicted octanol–water partition coefficient (Wildman–Crippen LogP) is 0.636. The molecule has 3 nitrogen and oxygen atoms in total. The first kappa shape index (κ1) is 7.60. The van der Waals surface area contributed by atoms with Gasteiger partial charge in [-0.05, 0) is 12.2 Å². The molecule has 3 N–H and O–H groups in total. The molecule has 0 aliphatic heterocycles. The van der Waals surface area contributed by atoms with E-state index in [1.54, 1.807) is 0 Å². The molecule has 0 heterocycles. The van der Waals surface area contributed by atoms with E-state index < -0.39 is 5.79 Å². The summed E-state index contributed by atoms with van der Waals surface area (Å²) in [6, 6.07) is 0. The summed E-state index contributed by atoms with van der Waals surface area (Å²) in [5, 5.41) is 26.7. The topological polar surface area (TPSA) is 60.7 Å². The minimum Gasteiger partial charge on any atom is -0.507 e. The molecule has 56 valence electrons. The zero-order chi connectivity index (χ0) is 7.78. The van der Waals surface area contributed by atoms with Crippen molar-refractivity contribution in [3.05, 3.63) is 22.9 Å². The summed E-state index contributed by atoms with van der Waals surface area (Å²) in [4.78, 5) is 0. The first-order valence-electron chi connectivity index (χ1n) is 2.73. The van der Waals surface area contributed by atoms with Gasteiger partial charge in [0.2, 0.25) is 0 Å². The van der Waals surface area contributed by atoms with Crippen molar-refractivity contribution in [2.45, 2.75) is 12.2 Å². The van der Waals surface area contributed by atoms with Gasteiger partial charge in [0.1, 0.15) is 5.76 Å². The molecule has 0 spiro atoms. The van der Waals surface area contributed by atoms with Crippen LogP contribution < -0.4 is 0 Å². The van der Waals surface area contributed by atoms with Gasteiger partial charge >= 0.3 is 0 Å². The van der Waals surface area contributed by atoms with Crippen LogP contribution in [0.3, 0.4) is 0 Å². The molecule has 0 aromatic carbocycles. The molecule has 0 aromatic rings. The van der Waals surface area contributed by atoms with E-state index in [2.05, 4.69) is 0 Å². The maximum atomic E-state index is 8.90. The Labute approximate surface area is 62.9 Å². The SMILES string of the molecule is OC1=C(Cl)CC(O)(O)C=C1. The van der Waals surface area contributed by atoms with Crippen molar-refractivity contribution in [2.75, 3.05) is 0 Å². The summed E-state index contributed by atoms with van der Waals surface area (Å²) >= 11 is 5.41. The lowest BCUT2D eigenvalue weighted by Gasteiger charge is -2.20. The summed E-state index contributed by atoms with van der Waals surface area (Å²) in [6.45, 7) is 0. The van der Waals surface area contributed by atoms with Crippen LogP contribution in [0.4, 0.5) is 0 Å². The molecule has 0 saturated heterocycles. The number of rotatable bonds is 0. The third-order valence-electron chi connectivity index (χ3n) is 1.20. The van der Waals surface area contributed by atoms with Crippen molar-refractivity contribution in [2.24, 2.45) is 0 Å². The quantitative estimate of drug-likeness (QED) is 0.458. The van der Waals surface area contributed by atoms with Gasteiger partial charge < -0.3 is 15.3 Å². The molecule has 1 aliphatic carbocycles. The van der Waals surface area contributed by atoms with Crippen LogP contribution in [0, 0.1) is 0 Å². The Morgan fingerprint density at radius 2 is 2.10 bits per heavy atom. The number of halogens is 1. The van der Waals surface area contributed by atoms with Crippen LogP contribution in [-0.2, 0) is 0 Å². The Kier molecular flexibility index (Phi) is 1.72. The molecule has 0 saturated carbocycles. The lowest BCUT2D eigenvalue weighted by molar-refractivity contribution is -0.116. The van der Waals surface area contributed by atoms with Crippen molar-refractivity contribution in [1.29, 1.82) is 0 Å². The van der Waals surface area contributed by atoms with Crippen LogP contribution in [0.1, 0.15) is 6.42 Å².